The number of pyridine rings is 1. The number of hydrogen-bond acceptors (Lipinski definition) is 2. The number of alkyl carbamates (subject to hydrolysis) is 1. The molecule has 2 aromatic rings. The molecule has 40 heavy (non-hydrogen) atoms. The third-order valence-electron chi connectivity index (χ3n) is 7.77. The van der Waals surface area contributed by atoms with Crippen LogP contribution in [0.1, 0.15) is 134 Å². The summed E-state index contributed by atoms with van der Waals surface area (Å²) in [4.78, 5) is 12.3. The molecular formula is C36H57N2O2+. The van der Waals surface area contributed by atoms with Crippen molar-refractivity contribution in [2.45, 2.75) is 136 Å². The van der Waals surface area contributed by atoms with Gasteiger partial charge in [-0.05, 0) is 69.7 Å². The van der Waals surface area contributed by atoms with E-state index in [1.807, 2.05) is 39.0 Å². The zero-order chi connectivity index (χ0) is 29.1. The molecule has 0 aliphatic rings. The number of allylic oxidation sites excluding steroid dienone is 1. The number of ether oxygens (including phenoxy) is 1. The van der Waals surface area contributed by atoms with Crippen LogP contribution in [0.15, 0.2) is 55.4 Å². The van der Waals surface area contributed by atoms with E-state index in [0.29, 0.717) is 6.61 Å². The van der Waals surface area contributed by atoms with Crippen LogP contribution < -0.4 is 9.88 Å². The van der Waals surface area contributed by atoms with Crippen LogP contribution in [0.2, 0.25) is 0 Å². The Morgan fingerprint density at radius 2 is 1.52 bits per heavy atom. The molecule has 0 unspecified atom stereocenters. The van der Waals surface area contributed by atoms with Gasteiger partial charge in [0.15, 0.2) is 12.4 Å². The number of nitrogens with zero attached hydrogens (tertiary/aromatic N) is 1. The lowest BCUT2D eigenvalue weighted by Crippen LogP contribution is -2.41. The first-order chi connectivity index (χ1) is 19.3. The molecule has 0 radical (unpaired) electrons. The van der Waals surface area contributed by atoms with Gasteiger partial charge in [-0.25, -0.2) is 9.36 Å². The summed E-state index contributed by atoms with van der Waals surface area (Å²) < 4.78 is 7.84. The van der Waals surface area contributed by atoms with E-state index in [1.165, 1.54) is 89.0 Å². The molecule has 4 nitrogen and oxygen atoms in total. The van der Waals surface area contributed by atoms with E-state index in [9.17, 15) is 4.79 Å². The van der Waals surface area contributed by atoms with Gasteiger partial charge in [-0.2, -0.15) is 0 Å². The summed E-state index contributed by atoms with van der Waals surface area (Å²) in [6.07, 6.45) is 23.2. The lowest BCUT2D eigenvalue weighted by molar-refractivity contribution is -0.697. The minimum absolute atomic E-state index is 0.348. The van der Waals surface area contributed by atoms with Crippen molar-refractivity contribution >= 4 is 11.7 Å². The number of benzene rings is 1. The van der Waals surface area contributed by atoms with Gasteiger partial charge in [-0.15, -0.1) is 0 Å². The largest absolute Gasteiger partial charge is 0.450 e. The smallest absolute Gasteiger partial charge is 0.407 e. The standard InChI is InChI=1S/C36H56N2O2/c1-6-7-8-17-22-32-23-21-27-38(30-32)26-18-15-13-11-9-10-12-14-16-19-28-40-35(39)37-36(4,5)34-25-20-24-33(29-34)31(2)3/h20-21,23-25,27,29-30H,2,6-19,22,26,28H2,1,3-5H3/p+1. The Hall–Kier alpha value is -2.62. The van der Waals surface area contributed by atoms with Crippen molar-refractivity contribution in [2.24, 2.45) is 0 Å². The number of nitrogens with one attached hydrogen (secondary N) is 1. The lowest BCUT2D eigenvalue weighted by Gasteiger charge is -2.27. The first-order valence-electron chi connectivity index (χ1n) is 16.0. The fraction of sp³-hybridized carbons (Fsp3) is 0.611. The number of aryl methyl sites for hydroxylation is 2. The van der Waals surface area contributed by atoms with Gasteiger partial charge in [-0.1, -0.05) is 101 Å². The molecule has 1 aromatic heterocycles. The van der Waals surface area contributed by atoms with Gasteiger partial charge >= 0.3 is 6.09 Å². The maximum Gasteiger partial charge on any atom is 0.407 e. The Bertz CT molecular complexity index is 998. The molecule has 0 spiro atoms. The molecule has 0 aliphatic heterocycles. The summed E-state index contributed by atoms with van der Waals surface area (Å²) in [7, 11) is 0. The van der Waals surface area contributed by atoms with Crippen LogP contribution in [-0.4, -0.2) is 12.7 Å². The molecule has 222 valence electrons. The van der Waals surface area contributed by atoms with Crippen LogP contribution in [0, 0.1) is 0 Å². The van der Waals surface area contributed by atoms with Crippen molar-refractivity contribution in [1.82, 2.24) is 5.32 Å². The zero-order valence-electron chi connectivity index (χ0n) is 26.1. The van der Waals surface area contributed by atoms with Gasteiger partial charge in [0.2, 0.25) is 0 Å². The second-order valence-electron chi connectivity index (χ2n) is 12.0. The second kappa shape index (κ2) is 19.5. The van der Waals surface area contributed by atoms with E-state index < -0.39 is 5.54 Å². The molecule has 2 rings (SSSR count). The zero-order valence-corrected chi connectivity index (χ0v) is 26.1. The molecule has 0 aliphatic carbocycles. The highest BCUT2D eigenvalue weighted by Gasteiger charge is 2.23. The predicted molar refractivity (Wildman–Crippen MR) is 169 cm³/mol. The average molecular weight is 550 g/mol. The maximum absolute atomic E-state index is 12.3. The van der Waals surface area contributed by atoms with Crippen molar-refractivity contribution in [2.75, 3.05) is 6.61 Å². The fourth-order valence-corrected chi connectivity index (χ4v) is 5.13. The Balaban J connectivity index is 1.44. The van der Waals surface area contributed by atoms with E-state index in [0.717, 1.165) is 36.1 Å². The summed E-state index contributed by atoms with van der Waals surface area (Å²) in [6, 6.07) is 12.6. The first kappa shape index (κ1) is 33.6. The molecule has 0 atom stereocenters. The van der Waals surface area contributed by atoms with Crippen molar-refractivity contribution in [3.05, 3.63) is 72.1 Å². The van der Waals surface area contributed by atoms with E-state index in [1.54, 1.807) is 0 Å². The fourth-order valence-electron chi connectivity index (χ4n) is 5.13. The number of amides is 1. The minimum atomic E-state index is -0.500. The van der Waals surface area contributed by atoms with Crippen LogP contribution in [0.3, 0.4) is 0 Å². The third-order valence-corrected chi connectivity index (χ3v) is 7.77. The van der Waals surface area contributed by atoms with Crippen LogP contribution in [-0.2, 0) is 23.2 Å². The summed E-state index contributed by atoms with van der Waals surface area (Å²) in [5.74, 6) is 0. The quantitative estimate of drug-likeness (QED) is 0.124. The molecule has 0 fully saturated rings. The predicted octanol–water partition coefficient (Wildman–Crippen LogP) is 9.69. The molecule has 1 N–H and O–H groups in total. The van der Waals surface area contributed by atoms with Gasteiger partial charge in [0.25, 0.3) is 0 Å². The van der Waals surface area contributed by atoms with Crippen LogP contribution >= 0.6 is 0 Å². The summed E-state index contributed by atoms with van der Waals surface area (Å²) in [5, 5.41) is 3.01. The van der Waals surface area contributed by atoms with E-state index in [-0.39, 0.29) is 6.09 Å². The van der Waals surface area contributed by atoms with Crippen molar-refractivity contribution in [3.8, 4) is 0 Å². The highest BCUT2D eigenvalue weighted by Crippen LogP contribution is 2.23. The minimum Gasteiger partial charge on any atom is -0.450 e. The van der Waals surface area contributed by atoms with Gasteiger partial charge in [-0.3, -0.25) is 0 Å². The Morgan fingerprint density at radius 1 is 0.875 bits per heavy atom. The van der Waals surface area contributed by atoms with E-state index in [4.69, 9.17) is 4.74 Å². The van der Waals surface area contributed by atoms with E-state index in [2.05, 4.69) is 54.0 Å². The maximum atomic E-state index is 12.3. The number of rotatable bonds is 21. The SMILES string of the molecule is C=C(C)c1cccc(C(C)(C)NC(=O)OCCCCCCCCCCCC[n+]2cccc(CCCCCC)c2)c1. The topological polar surface area (TPSA) is 42.2 Å². The lowest BCUT2D eigenvalue weighted by atomic mass is 9.92. The monoisotopic (exact) mass is 549 g/mol. The Kier molecular flexibility index (Phi) is 16.3. The molecule has 4 heteroatoms. The summed E-state index contributed by atoms with van der Waals surface area (Å²) >= 11 is 0. The van der Waals surface area contributed by atoms with Gasteiger partial charge in [0.1, 0.15) is 6.54 Å². The third kappa shape index (κ3) is 14.1. The summed E-state index contributed by atoms with van der Waals surface area (Å²) in [6.45, 7) is 13.9. The molecule has 1 amide bonds. The number of aromatic nitrogens is 1. The summed E-state index contributed by atoms with van der Waals surface area (Å²) in [5.41, 5.74) is 4.13. The van der Waals surface area contributed by atoms with Crippen LogP contribution in [0.5, 0.6) is 0 Å². The van der Waals surface area contributed by atoms with Crippen molar-refractivity contribution in [3.63, 3.8) is 0 Å². The molecule has 1 heterocycles. The molecule has 0 saturated heterocycles. The second-order valence-corrected chi connectivity index (χ2v) is 12.0. The first-order valence-corrected chi connectivity index (χ1v) is 16.0. The highest BCUT2D eigenvalue weighted by molar-refractivity contribution is 5.69. The van der Waals surface area contributed by atoms with Gasteiger partial charge in [0.05, 0.1) is 12.1 Å². The molecule has 0 bridgehead atoms. The van der Waals surface area contributed by atoms with Crippen LogP contribution in [0.4, 0.5) is 4.79 Å². The Morgan fingerprint density at radius 3 is 2.20 bits per heavy atom. The van der Waals surface area contributed by atoms with Crippen LogP contribution in [0.25, 0.3) is 5.57 Å². The van der Waals surface area contributed by atoms with Crippen molar-refractivity contribution in [1.29, 1.82) is 0 Å². The number of hydrogen-bond donors (Lipinski definition) is 1. The van der Waals surface area contributed by atoms with Gasteiger partial charge in [0, 0.05) is 18.1 Å². The van der Waals surface area contributed by atoms with E-state index >= 15 is 0 Å². The van der Waals surface area contributed by atoms with Gasteiger partial charge < -0.3 is 10.1 Å². The number of carbonyl (C=O) groups excluding carboxylic acids is 1. The normalized spacial score (nSPS) is 11.4. The molecular weight excluding hydrogens is 492 g/mol. The highest BCUT2D eigenvalue weighted by atomic mass is 16.5. The average Bonchev–Trinajstić information content (AvgIpc) is 2.93. The van der Waals surface area contributed by atoms with Crippen molar-refractivity contribution < 1.29 is 14.1 Å². The molecule has 1 aromatic carbocycles. The Labute approximate surface area is 245 Å². The number of unbranched alkanes of at least 4 members (excludes halogenated alkanes) is 12. The molecule has 0 saturated carbocycles. The number of carbonyl (C=O) groups is 1.